The zero-order valence-electron chi connectivity index (χ0n) is 9.56. The molecule has 0 nitrogen and oxygen atoms in total. The van der Waals surface area contributed by atoms with Crippen LogP contribution in [-0.2, 0) is 0 Å². The molecule has 0 aromatic heterocycles. The van der Waals surface area contributed by atoms with Crippen molar-refractivity contribution >= 4 is 16.8 Å². The summed E-state index contributed by atoms with van der Waals surface area (Å²) in [4.78, 5) is 0. The van der Waals surface area contributed by atoms with Gasteiger partial charge >= 0.3 is 0 Å². The molecule has 80 valence electrons. The zero-order chi connectivity index (χ0) is 11.2. The molecule has 2 aromatic rings. The van der Waals surface area contributed by atoms with Crippen molar-refractivity contribution < 1.29 is 0 Å². The third-order valence-electron chi connectivity index (χ3n) is 2.63. The molecule has 0 heterocycles. The molecule has 2 aromatic carbocycles. The standard InChI is InChI=1S/C16H16/c1-2-3-4-5-9-14-11-8-12-15-10-6-7-13-16(14)15/h2-3,5-13H,4H2,1H3/b3-2?,9-5+. The van der Waals surface area contributed by atoms with Crippen LogP contribution in [0.1, 0.15) is 18.9 Å². The van der Waals surface area contributed by atoms with Crippen LogP contribution < -0.4 is 0 Å². The Labute approximate surface area is 96.9 Å². The van der Waals surface area contributed by atoms with Crippen LogP contribution in [0.4, 0.5) is 0 Å². The molecule has 0 atom stereocenters. The molecule has 0 aliphatic rings. The maximum Gasteiger partial charge on any atom is -0.0112 e. The monoisotopic (exact) mass is 208 g/mol. The second-order valence-electron chi connectivity index (χ2n) is 3.78. The van der Waals surface area contributed by atoms with Gasteiger partial charge < -0.3 is 0 Å². The topological polar surface area (TPSA) is 0 Å². The number of fused-ring (bicyclic) bond motifs is 1. The quantitative estimate of drug-likeness (QED) is 0.634. The molecule has 2 rings (SSSR count). The van der Waals surface area contributed by atoms with Gasteiger partial charge in [0.2, 0.25) is 0 Å². The van der Waals surface area contributed by atoms with Crippen molar-refractivity contribution in [2.24, 2.45) is 0 Å². The van der Waals surface area contributed by atoms with Crippen molar-refractivity contribution in [2.75, 3.05) is 0 Å². The van der Waals surface area contributed by atoms with Crippen molar-refractivity contribution in [1.82, 2.24) is 0 Å². The number of rotatable bonds is 3. The first-order chi connectivity index (χ1) is 7.92. The van der Waals surface area contributed by atoms with Crippen LogP contribution in [0.5, 0.6) is 0 Å². The van der Waals surface area contributed by atoms with Gasteiger partial charge in [-0.05, 0) is 29.7 Å². The van der Waals surface area contributed by atoms with Crippen LogP contribution in [0.3, 0.4) is 0 Å². The maximum absolute atomic E-state index is 2.20. The Balaban J connectivity index is 2.33. The summed E-state index contributed by atoms with van der Waals surface area (Å²) in [5.74, 6) is 0. The van der Waals surface area contributed by atoms with Crippen LogP contribution in [-0.4, -0.2) is 0 Å². The van der Waals surface area contributed by atoms with Gasteiger partial charge in [0.15, 0.2) is 0 Å². The van der Waals surface area contributed by atoms with Gasteiger partial charge in [0.05, 0.1) is 0 Å². The lowest BCUT2D eigenvalue weighted by atomic mass is 10.0. The first-order valence-electron chi connectivity index (χ1n) is 5.67. The minimum atomic E-state index is 1.000. The van der Waals surface area contributed by atoms with Crippen LogP contribution in [0.15, 0.2) is 60.7 Å². The summed E-state index contributed by atoms with van der Waals surface area (Å²) in [5, 5.41) is 2.62. The predicted molar refractivity (Wildman–Crippen MR) is 72.4 cm³/mol. The van der Waals surface area contributed by atoms with E-state index in [0.29, 0.717) is 0 Å². The van der Waals surface area contributed by atoms with Crippen molar-refractivity contribution in [3.63, 3.8) is 0 Å². The normalized spacial score (nSPS) is 11.8. The maximum atomic E-state index is 2.20. The Morgan fingerprint density at radius 3 is 2.62 bits per heavy atom. The minimum absolute atomic E-state index is 1.000. The molecule has 0 fully saturated rings. The molecule has 0 saturated heterocycles. The van der Waals surface area contributed by atoms with Crippen molar-refractivity contribution in [1.29, 1.82) is 0 Å². The molecule has 16 heavy (non-hydrogen) atoms. The Kier molecular flexibility index (Phi) is 3.55. The molecule has 0 bridgehead atoms. The van der Waals surface area contributed by atoms with Gasteiger partial charge in [-0.1, -0.05) is 66.8 Å². The van der Waals surface area contributed by atoms with E-state index in [2.05, 4.69) is 66.8 Å². The van der Waals surface area contributed by atoms with E-state index < -0.39 is 0 Å². The third kappa shape index (κ3) is 2.40. The number of allylic oxidation sites excluding steroid dienone is 3. The summed E-state index contributed by atoms with van der Waals surface area (Å²) in [6.07, 6.45) is 9.62. The van der Waals surface area contributed by atoms with Crippen molar-refractivity contribution in [3.8, 4) is 0 Å². The molecular formula is C16H16. The lowest BCUT2D eigenvalue weighted by Crippen LogP contribution is -1.76. The Bertz CT molecular complexity index is 513. The first-order valence-corrected chi connectivity index (χ1v) is 5.67. The highest BCUT2D eigenvalue weighted by atomic mass is 14.0. The largest absolute Gasteiger partial charge is 0.0914 e. The van der Waals surface area contributed by atoms with Crippen molar-refractivity contribution in [3.05, 3.63) is 66.3 Å². The van der Waals surface area contributed by atoms with Gasteiger partial charge in [-0.3, -0.25) is 0 Å². The van der Waals surface area contributed by atoms with E-state index in [-0.39, 0.29) is 0 Å². The summed E-state index contributed by atoms with van der Waals surface area (Å²) in [7, 11) is 0. The van der Waals surface area contributed by atoms with Crippen LogP contribution in [0.25, 0.3) is 16.8 Å². The lowest BCUT2D eigenvalue weighted by Gasteiger charge is -2.01. The second-order valence-corrected chi connectivity index (χ2v) is 3.78. The predicted octanol–water partition coefficient (Wildman–Crippen LogP) is 4.82. The number of hydrogen-bond donors (Lipinski definition) is 0. The lowest BCUT2D eigenvalue weighted by molar-refractivity contribution is 1.39. The smallest absolute Gasteiger partial charge is 0.0112 e. The molecule has 0 unspecified atom stereocenters. The van der Waals surface area contributed by atoms with Gasteiger partial charge in [-0.15, -0.1) is 0 Å². The Morgan fingerprint density at radius 1 is 0.938 bits per heavy atom. The summed E-state index contributed by atoms with van der Waals surface area (Å²) in [6, 6.07) is 14.9. The molecule has 0 saturated carbocycles. The van der Waals surface area contributed by atoms with E-state index in [9.17, 15) is 0 Å². The summed E-state index contributed by atoms with van der Waals surface area (Å²) in [5.41, 5.74) is 1.29. The molecule has 0 radical (unpaired) electrons. The van der Waals surface area contributed by atoms with E-state index in [4.69, 9.17) is 0 Å². The molecule has 0 aliphatic heterocycles. The number of hydrogen-bond acceptors (Lipinski definition) is 0. The highest BCUT2D eigenvalue weighted by Crippen LogP contribution is 2.19. The van der Waals surface area contributed by atoms with E-state index in [1.807, 2.05) is 6.92 Å². The van der Waals surface area contributed by atoms with E-state index in [0.717, 1.165) is 6.42 Å². The van der Waals surface area contributed by atoms with Crippen molar-refractivity contribution in [2.45, 2.75) is 13.3 Å². The summed E-state index contributed by atoms with van der Waals surface area (Å²) in [6.45, 7) is 2.05. The fourth-order valence-electron chi connectivity index (χ4n) is 1.81. The molecule has 0 heteroatoms. The minimum Gasteiger partial charge on any atom is -0.0914 e. The van der Waals surface area contributed by atoms with Gasteiger partial charge in [-0.2, -0.15) is 0 Å². The average Bonchev–Trinajstić information content (AvgIpc) is 2.35. The summed E-state index contributed by atoms with van der Waals surface area (Å²) < 4.78 is 0. The van der Waals surface area contributed by atoms with Gasteiger partial charge in [0.1, 0.15) is 0 Å². The van der Waals surface area contributed by atoms with Gasteiger partial charge in [-0.25, -0.2) is 0 Å². The Hall–Kier alpha value is -1.82. The molecule has 0 N–H and O–H groups in total. The highest BCUT2D eigenvalue weighted by Gasteiger charge is 1.95. The molecule has 0 amide bonds. The highest BCUT2D eigenvalue weighted by molar-refractivity contribution is 5.90. The van der Waals surface area contributed by atoms with E-state index >= 15 is 0 Å². The first kappa shape index (κ1) is 10.7. The second kappa shape index (κ2) is 5.32. The third-order valence-corrected chi connectivity index (χ3v) is 2.63. The van der Waals surface area contributed by atoms with E-state index in [1.54, 1.807) is 0 Å². The molecule has 0 spiro atoms. The number of benzene rings is 2. The molecule has 0 aliphatic carbocycles. The fraction of sp³-hybridized carbons (Fsp3) is 0.125. The van der Waals surface area contributed by atoms with Gasteiger partial charge in [0.25, 0.3) is 0 Å². The Morgan fingerprint density at radius 2 is 1.75 bits per heavy atom. The van der Waals surface area contributed by atoms with Crippen LogP contribution in [0.2, 0.25) is 0 Å². The summed E-state index contributed by atoms with van der Waals surface area (Å²) >= 11 is 0. The zero-order valence-corrected chi connectivity index (χ0v) is 9.56. The average molecular weight is 208 g/mol. The van der Waals surface area contributed by atoms with E-state index in [1.165, 1.54) is 16.3 Å². The van der Waals surface area contributed by atoms with Crippen LogP contribution in [0, 0.1) is 0 Å². The van der Waals surface area contributed by atoms with Gasteiger partial charge in [0, 0.05) is 0 Å². The molecular weight excluding hydrogens is 192 g/mol. The SMILES string of the molecule is CC=CC/C=C/c1cccc2ccccc12. The van der Waals surface area contributed by atoms with Crippen LogP contribution >= 0.6 is 0 Å². The fourth-order valence-corrected chi connectivity index (χ4v) is 1.81.